The molecule has 0 amide bonds. The number of rotatable bonds is 3. The normalized spacial score (nSPS) is 10.5. The molecule has 1 aromatic rings. The van der Waals surface area contributed by atoms with Gasteiger partial charge in [-0.05, 0) is 0 Å². The van der Waals surface area contributed by atoms with E-state index in [9.17, 15) is 4.11 Å². The molecule has 0 fully saturated rings. The molecule has 0 saturated carbocycles. The third kappa shape index (κ3) is 3.24. The standard InChI is InChI=1S/C9H12FNSi.Cr/c1-11(2)7-8-5-3-4-6-9(8)12-10;/h3-6H,7H2,1-2H3;. The average Bonchev–Trinajstić information content (AvgIpc) is 2.03. The number of benzene rings is 1. The van der Waals surface area contributed by atoms with Crippen molar-refractivity contribution in [2.75, 3.05) is 14.1 Å². The van der Waals surface area contributed by atoms with Crippen molar-refractivity contribution in [2.45, 2.75) is 6.54 Å². The molecule has 0 aliphatic rings. The third-order valence-corrected chi connectivity index (χ3v) is 3.66. The van der Waals surface area contributed by atoms with E-state index >= 15 is 0 Å². The van der Waals surface area contributed by atoms with Crippen molar-refractivity contribution < 1.29 is 19.3 Å². The van der Waals surface area contributed by atoms with Crippen LogP contribution in [0.4, 0.5) is 4.11 Å². The Balaban J connectivity index is 2.98. The van der Waals surface area contributed by atoms with E-state index in [0.717, 1.165) is 17.3 Å². The van der Waals surface area contributed by atoms with Crippen LogP contribution in [0.25, 0.3) is 0 Å². The molecule has 0 spiro atoms. The van der Waals surface area contributed by atoms with Crippen LogP contribution in [-0.2, 0) is 21.7 Å². The molecule has 4 heteroatoms. The fraction of sp³-hybridized carbons (Fsp3) is 0.333. The quantitative estimate of drug-likeness (QED) is 0.555. The molecule has 1 rings (SSSR count). The van der Waals surface area contributed by atoms with Gasteiger partial charge in [-0.15, -0.1) is 0 Å². The van der Waals surface area contributed by atoms with Crippen LogP contribution in [0.15, 0.2) is 24.3 Å². The number of nitrogens with zero attached hydrogens (tertiary/aromatic N) is 1. The monoisotopic (exact) mass is 233 g/mol. The summed E-state index contributed by atoms with van der Waals surface area (Å²) >= 11 is 2.59. The van der Waals surface area contributed by atoms with E-state index in [1.807, 2.05) is 43.3 Å². The first-order valence-corrected chi connectivity index (χ1v) is 7.23. The first kappa shape index (κ1) is 10.9. The summed E-state index contributed by atoms with van der Waals surface area (Å²) in [6.07, 6.45) is 0. The molecule has 1 aromatic carbocycles. The molecule has 0 N–H and O–H groups in total. The van der Waals surface area contributed by atoms with Gasteiger partial charge in [0.25, 0.3) is 0 Å². The molecular weight excluding hydrogens is 221 g/mol. The Bertz CT molecular complexity index is 314. The summed E-state index contributed by atoms with van der Waals surface area (Å²) in [6, 6.07) is 7.68. The summed E-state index contributed by atoms with van der Waals surface area (Å²) in [5.74, 6) is 0. The second kappa shape index (κ2) is 4.92. The van der Waals surface area contributed by atoms with E-state index in [0.29, 0.717) is 0 Å². The first-order chi connectivity index (χ1) is 6.11. The van der Waals surface area contributed by atoms with Crippen LogP contribution in [0, 0.1) is 0 Å². The van der Waals surface area contributed by atoms with Crippen molar-refractivity contribution in [1.29, 1.82) is 0 Å². The Labute approximate surface area is 87.2 Å². The van der Waals surface area contributed by atoms with E-state index in [1.165, 1.54) is 0 Å². The number of hydrogen-bond acceptors (Lipinski definition) is 1. The van der Waals surface area contributed by atoms with Crippen LogP contribution < -0.4 is 5.19 Å². The van der Waals surface area contributed by atoms with Gasteiger partial charge in [0, 0.05) is 0 Å². The van der Waals surface area contributed by atoms with Crippen LogP contribution >= 0.6 is 0 Å². The van der Waals surface area contributed by atoms with E-state index in [-0.39, 0.29) is 0 Å². The Kier molecular flexibility index (Phi) is 4.14. The predicted molar refractivity (Wildman–Crippen MR) is 50.3 cm³/mol. The van der Waals surface area contributed by atoms with Gasteiger partial charge >= 0.3 is 87.0 Å². The number of hydrogen-bond donors (Lipinski definition) is 0. The number of halogens is 1. The van der Waals surface area contributed by atoms with Gasteiger partial charge in [-0.3, -0.25) is 0 Å². The second-order valence-corrected chi connectivity index (χ2v) is 5.93. The van der Waals surface area contributed by atoms with Crippen LogP contribution in [-0.4, -0.2) is 26.2 Å². The third-order valence-electron chi connectivity index (χ3n) is 1.72. The summed E-state index contributed by atoms with van der Waals surface area (Å²) in [5.41, 5.74) is 1.09. The molecule has 0 aliphatic heterocycles. The molecular formula is C9H12CrFNSi. The van der Waals surface area contributed by atoms with Gasteiger partial charge in [-0.2, -0.15) is 0 Å². The summed E-state index contributed by atoms with van der Waals surface area (Å²) in [6.45, 7) is 0.802. The molecule has 0 radical (unpaired) electrons. The first-order valence-electron chi connectivity index (χ1n) is 4.03. The van der Waals surface area contributed by atoms with Crippen molar-refractivity contribution in [3.63, 3.8) is 0 Å². The molecule has 0 unspecified atom stereocenters. The zero-order chi connectivity index (χ0) is 9.84. The summed E-state index contributed by atoms with van der Waals surface area (Å²) in [7, 11) is 2.04. The fourth-order valence-electron chi connectivity index (χ4n) is 1.19. The zero-order valence-corrected chi connectivity index (χ0v) is 10.0. The SMILES string of the molecule is CN(C)Cc1ccccc1[Si](F)=[Cr]. The molecule has 70 valence electrons. The molecule has 0 atom stereocenters. The van der Waals surface area contributed by atoms with Gasteiger partial charge in [0.2, 0.25) is 0 Å². The van der Waals surface area contributed by atoms with Crippen molar-refractivity contribution in [2.24, 2.45) is 0 Å². The summed E-state index contributed by atoms with van der Waals surface area (Å²) in [5, 5.41) is 0.848. The molecule has 0 aromatic heterocycles. The van der Waals surface area contributed by atoms with Crippen LogP contribution in [0.1, 0.15) is 5.56 Å². The van der Waals surface area contributed by atoms with Crippen molar-refractivity contribution in [3.8, 4) is 0 Å². The van der Waals surface area contributed by atoms with E-state index in [4.69, 9.17) is 0 Å². The Hall–Kier alpha value is -0.141. The van der Waals surface area contributed by atoms with Crippen LogP contribution in [0.2, 0.25) is 0 Å². The molecule has 0 heterocycles. The average molecular weight is 233 g/mol. The van der Waals surface area contributed by atoms with Gasteiger partial charge in [0.15, 0.2) is 0 Å². The van der Waals surface area contributed by atoms with Crippen LogP contribution in [0.3, 0.4) is 0 Å². The van der Waals surface area contributed by atoms with Gasteiger partial charge in [-0.1, -0.05) is 0 Å². The Morgan fingerprint density at radius 2 is 2.00 bits per heavy atom. The topological polar surface area (TPSA) is 3.24 Å². The van der Waals surface area contributed by atoms with Crippen LogP contribution in [0.5, 0.6) is 0 Å². The maximum atomic E-state index is 13.2. The van der Waals surface area contributed by atoms with Crippen molar-refractivity contribution >= 4 is 12.4 Å². The van der Waals surface area contributed by atoms with Crippen molar-refractivity contribution in [1.82, 2.24) is 4.90 Å². The predicted octanol–water partition coefficient (Wildman–Crippen LogP) is 0.960. The van der Waals surface area contributed by atoms with Crippen molar-refractivity contribution in [3.05, 3.63) is 29.8 Å². The minimum absolute atomic E-state index is 0.802. The maximum absolute atomic E-state index is 13.2. The van der Waals surface area contributed by atoms with E-state index in [1.54, 1.807) is 0 Å². The van der Waals surface area contributed by atoms with E-state index in [2.05, 4.69) is 15.2 Å². The molecule has 1 nitrogen and oxygen atoms in total. The minimum atomic E-state index is -1.94. The molecule has 0 aliphatic carbocycles. The van der Waals surface area contributed by atoms with Gasteiger partial charge in [-0.25, -0.2) is 0 Å². The second-order valence-electron chi connectivity index (χ2n) is 3.17. The fourth-order valence-corrected chi connectivity index (χ4v) is 2.77. The van der Waals surface area contributed by atoms with Gasteiger partial charge in [0.1, 0.15) is 0 Å². The molecule has 0 saturated heterocycles. The zero-order valence-electron chi connectivity index (χ0n) is 7.75. The molecule has 13 heavy (non-hydrogen) atoms. The van der Waals surface area contributed by atoms with Gasteiger partial charge in [0.05, 0.1) is 0 Å². The Morgan fingerprint density at radius 1 is 1.38 bits per heavy atom. The van der Waals surface area contributed by atoms with E-state index < -0.39 is 7.23 Å². The molecule has 0 bridgehead atoms. The Morgan fingerprint density at radius 3 is 2.54 bits per heavy atom. The summed E-state index contributed by atoms with van der Waals surface area (Å²) < 4.78 is 13.2. The summed E-state index contributed by atoms with van der Waals surface area (Å²) in [4.78, 5) is 2.05. The van der Waals surface area contributed by atoms with Gasteiger partial charge < -0.3 is 0 Å².